The Bertz CT molecular complexity index is 1670. The highest BCUT2D eigenvalue weighted by Gasteiger charge is 2.33. The zero-order chi connectivity index (χ0) is 28.9. The number of halogens is 1. The summed E-state index contributed by atoms with van der Waals surface area (Å²) < 4.78 is 22.1. The normalized spacial score (nSPS) is 15.8. The van der Waals surface area contributed by atoms with Crippen LogP contribution in [-0.2, 0) is 19.5 Å². The Morgan fingerprint density at radius 3 is 2.48 bits per heavy atom. The molecule has 0 saturated heterocycles. The molecule has 0 unspecified atom stereocenters. The minimum absolute atomic E-state index is 0.174. The zero-order valence-electron chi connectivity index (χ0n) is 22.9. The van der Waals surface area contributed by atoms with Crippen molar-refractivity contribution in [2.45, 2.75) is 31.7 Å². The van der Waals surface area contributed by atoms with E-state index >= 15 is 0 Å². The van der Waals surface area contributed by atoms with E-state index in [1.807, 2.05) is 91.4 Å². The fourth-order valence-electron chi connectivity index (χ4n) is 5.29. The van der Waals surface area contributed by atoms with Crippen molar-refractivity contribution in [2.75, 3.05) is 6.54 Å². The van der Waals surface area contributed by atoms with E-state index in [-0.39, 0.29) is 5.75 Å². The lowest BCUT2D eigenvalue weighted by Gasteiger charge is -2.18. The lowest BCUT2D eigenvalue weighted by molar-refractivity contribution is 0.133. The van der Waals surface area contributed by atoms with Crippen LogP contribution < -0.4 is 15.4 Å². The van der Waals surface area contributed by atoms with Gasteiger partial charge in [0.2, 0.25) is 0 Å². The number of hydrogen-bond donors (Lipinski definition) is 3. The van der Waals surface area contributed by atoms with Gasteiger partial charge in [-0.15, -0.1) is 0 Å². The SMILES string of the molecule is O=C(N[C@@H]1c2cc(CNCCn3cnc(-c4ccccc4)c3)ccc2C[C@H]1O)Oc1ccc(-c2ccccc2)cc1F. The fourth-order valence-corrected chi connectivity index (χ4v) is 5.29. The van der Waals surface area contributed by atoms with Gasteiger partial charge in [-0.25, -0.2) is 14.2 Å². The number of ether oxygens (including phenoxy) is 1. The van der Waals surface area contributed by atoms with Crippen molar-refractivity contribution in [2.24, 2.45) is 0 Å². The van der Waals surface area contributed by atoms with E-state index in [0.29, 0.717) is 18.5 Å². The predicted molar refractivity (Wildman–Crippen MR) is 159 cm³/mol. The van der Waals surface area contributed by atoms with Crippen molar-refractivity contribution < 1.29 is 19.0 Å². The molecule has 4 aromatic carbocycles. The molecule has 5 aromatic rings. The Kier molecular flexibility index (Phi) is 8.07. The van der Waals surface area contributed by atoms with Crippen molar-refractivity contribution >= 4 is 6.09 Å². The molecular formula is C34H31FN4O3. The number of nitrogens with one attached hydrogen (secondary N) is 2. The molecule has 0 fully saturated rings. The number of aliphatic hydroxyl groups excluding tert-OH is 1. The third kappa shape index (κ3) is 6.25. The third-order valence-corrected chi connectivity index (χ3v) is 7.45. The Labute approximate surface area is 243 Å². The van der Waals surface area contributed by atoms with Crippen molar-refractivity contribution in [3.05, 3.63) is 132 Å². The Hall–Kier alpha value is -4.79. The topological polar surface area (TPSA) is 88.4 Å². The van der Waals surface area contributed by atoms with Crippen LogP contribution >= 0.6 is 0 Å². The molecule has 0 saturated carbocycles. The first-order valence-electron chi connectivity index (χ1n) is 13.9. The van der Waals surface area contributed by atoms with Gasteiger partial charge in [0.05, 0.1) is 24.2 Å². The van der Waals surface area contributed by atoms with E-state index in [0.717, 1.165) is 46.6 Å². The number of carbonyl (C=O) groups excluding carboxylic acids is 1. The lowest BCUT2D eigenvalue weighted by atomic mass is 10.0. The van der Waals surface area contributed by atoms with E-state index in [4.69, 9.17) is 4.74 Å². The van der Waals surface area contributed by atoms with Gasteiger partial charge in [0, 0.05) is 37.8 Å². The van der Waals surface area contributed by atoms with Gasteiger partial charge in [-0.2, -0.15) is 0 Å². The van der Waals surface area contributed by atoms with Crippen molar-refractivity contribution in [3.63, 3.8) is 0 Å². The molecule has 0 spiro atoms. The molecule has 7 nitrogen and oxygen atoms in total. The number of nitrogens with zero attached hydrogens (tertiary/aromatic N) is 2. The Morgan fingerprint density at radius 1 is 0.952 bits per heavy atom. The third-order valence-electron chi connectivity index (χ3n) is 7.45. The second-order valence-electron chi connectivity index (χ2n) is 10.4. The number of amides is 1. The van der Waals surface area contributed by atoms with E-state index in [1.54, 1.807) is 6.07 Å². The summed E-state index contributed by atoms with van der Waals surface area (Å²) in [4.78, 5) is 17.2. The summed E-state index contributed by atoms with van der Waals surface area (Å²) in [7, 11) is 0. The molecule has 6 rings (SSSR count). The van der Waals surface area contributed by atoms with E-state index in [9.17, 15) is 14.3 Å². The summed E-state index contributed by atoms with van der Waals surface area (Å²) in [6.45, 7) is 2.13. The molecule has 8 heteroatoms. The van der Waals surface area contributed by atoms with Gasteiger partial charge in [-0.05, 0) is 39.9 Å². The molecule has 1 aliphatic carbocycles. The molecule has 0 aliphatic heterocycles. The van der Waals surface area contributed by atoms with Gasteiger partial charge in [0.25, 0.3) is 0 Å². The van der Waals surface area contributed by atoms with Gasteiger partial charge in [0.15, 0.2) is 11.6 Å². The van der Waals surface area contributed by atoms with Crippen LogP contribution in [0.1, 0.15) is 22.7 Å². The number of carbonyl (C=O) groups is 1. The second-order valence-corrected chi connectivity index (χ2v) is 10.4. The predicted octanol–water partition coefficient (Wildman–Crippen LogP) is 5.89. The van der Waals surface area contributed by atoms with Crippen molar-refractivity contribution in [3.8, 4) is 28.1 Å². The number of rotatable bonds is 9. The van der Waals surface area contributed by atoms with Gasteiger partial charge in [-0.1, -0.05) is 84.9 Å². The molecule has 1 heterocycles. The monoisotopic (exact) mass is 562 g/mol. The average molecular weight is 563 g/mol. The van der Waals surface area contributed by atoms with Crippen LogP contribution in [-0.4, -0.2) is 33.4 Å². The molecule has 1 aromatic heterocycles. The summed E-state index contributed by atoms with van der Waals surface area (Å²) >= 11 is 0. The molecule has 2 atom stereocenters. The molecule has 0 radical (unpaired) electrons. The van der Waals surface area contributed by atoms with Crippen LogP contribution in [0.25, 0.3) is 22.4 Å². The van der Waals surface area contributed by atoms with Crippen molar-refractivity contribution in [1.82, 2.24) is 20.2 Å². The number of fused-ring (bicyclic) bond motifs is 1. The maximum Gasteiger partial charge on any atom is 0.413 e. The molecular weight excluding hydrogens is 531 g/mol. The highest BCUT2D eigenvalue weighted by atomic mass is 19.1. The largest absolute Gasteiger partial charge is 0.413 e. The van der Waals surface area contributed by atoms with Crippen LogP contribution in [0.2, 0.25) is 0 Å². The minimum Gasteiger partial charge on any atom is -0.407 e. The molecule has 1 aliphatic rings. The Morgan fingerprint density at radius 2 is 1.71 bits per heavy atom. The zero-order valence-corrected chi connectivity index (χ0v) is 22.9. The van der Waals surface area contributed by atoms with Gasteiger partial charge < -0.3 is 25.0 Å². The number of imidazole rings is 1. The molecule has 0 bridgehead atoms. The molecule has 42 heavy (non-hydrogen) atoms. The highest BCUT2D eigenvalue weighted by Crippen LogP contribution is 2.33. The first kappa shape index (κ1) is 27.4. The quantitative estimate of drug-likeness (QED) is 0.195. The second kappa shape index (κ2) is 12.4. The molecule has 1 amide bonds. The van der Waals surface area contributed by atoms with Crippen LogP contribution in [0.4, 0.5) is 9.18 Å². The number of aliphatic hydroxyl groups is 1. The van der Waals surface area contributed by atoms with Gasteiger partial charge in [-0.3, -0.25) is 0 Å². The van der Waals surface area contributed by atoms with Crippen LogP contribution in [0.15, 0.2) is 110 Å². The lowest BCUT2D eigenvalue weighted by Crippen LogP contribution is -2.36. The smallest absolute Gasteiger partial charge is 0.407 e. The number of aromatic nitrogens is 2. The van der Waals surface area contributed by atoms with Crippen LogP contribution in [0.5, 0.6) is 5.75 Å². The maximum absolute atomic E-state index is 14.7. The van der Waals surface area contributed by atoms with Crippen molar-refractivity contribution in [1.29, 1.82) is 0 Å². The summed E-state index contributed by atoms with van der Waals surface area (Å²) in [5.74, 6) is -0.814. The van der Waals surface area contributed by atoms with E-state index < -0.39 is 24.1 Å². The molecule has 3 N–H and O–H groups in total. The minimum atomic E-state index is -0.822. The van der Waals surface area contributed by atoms with E-state index in [1.165, 1.54) is 12.1 Å². The Balaban J connectivity index is 1.04. The van der Waals surface area contributed by atoms with Crippen LogP contribution in [0.3, 0.4) is 0 Å². The summed E-state index contributed by atoms with van der Waals surface area (Å²) in [5, 5.41) is 16.9. The summed E-state index contributed by atoms with van der Waals surface area (Å²) in [5.41, 5.74) is 6.40. The first-order chi connectivity index (χ1) is 20.5. The van der Waals surface area contributed by atoms with Gasteiger partial charge in [0.1, 0.15) is 0 Å². The standard InChI is InChI=1S/C34H31FN4O3/c35-29-18-26(24-7-3-1-4-8-24)13-14-32(29)42-34(41)38-33-28-17-23(11-12-27(28)19-31(33)40)20-36-15-16-39-21-30(37-22-39)25-9-5-2-6-10-25/h1-14,17-18,21-22,31,33,36,40H,15-16,19-20H2,(H,38,41)/t31-,33-/m1/s1. The summed E-state index contributed by atoms with van der Waals surface area (Å²) in [6, 6.07) is 29.3. The first-order valence-corrected chi connectivity index (χ1v) is 13.9. The van der Waals surface area contributed by atoms with Crippen LogP contribution in [0, 0.1) is 5.82 Å². The maximum atomic E-state index is 14.7. The summed E-state index contributed by atoms with van der Waals surface area (Å²) in [6.07, 6.45) is 2.66. The average Bonchev–Trinajstić information content (AvgIpc) is 3.61. The highest BCUT2D eigenvalue weighted by molar-refractivity contribution is 5.72. The van der Waals surface area contributed by atoms with Gasteiger partial charge >= 0.3 is 6.09 Å². The number of benzene rings is 4. The van der Waals surface area contributed by atoms with E-state index in [2.05, 4.69) is 20.2 Å². The molecule has 212 valence electrons. The fraction of sp³-hybridized carbons (Fsp3) is 0.176. The number of hydrogen-bond acceptors (Lipinski definition) is 5.